The monoisotopic (exact) mass is 363 g/mol. The van der Waals surface area contributed by atoms with Gasteiger partial charge in [-0.2, -0.15) is 0 Å². The number of urea groups is 1. The molecule has 1 aliphatic heterocycles. The number of nitrogens with one attached hydrogen (secondary N) is 2. The maximum Gasteiger partial charge on any atom is 0.315 e. The minimum Gasteiger partial charge on any atom is -0.379 e. The minimum absolute atomic E-state index is 0.210. The van der Waals surface area contributed by atoms with E-state index in [1.54, 1.807) is 0 Å². The third-order valence-electron chi connectivity index (χ3n) is 4.40. The van der Waals surface area contributed by atoms with Crippen LogP contribution in [0.5, 0.6) is 0 Å². The van der Waals surface area contributed by atoms with Crippen LogP contribution in [0.3, 0.4) is 0 Å². The molecular formula is C22H25N3O2. The highest BCUT2D eigenvalue weighted by molar-refractivity contribution is 5.74. The highest BCUT2D eigenvalue weighted by Crippen LogP contribution is 2.12. The van der Waals surface area contributed by atoms with Crippen LogP contribution in [0.25, 0.3) is 0 Å². The summed E-state index contributed by atoms with van der Waals surface area (Å²) in [5.41, 5.74) is 3.31. The maximum absolute atomic E-state index is 12.0. The van der Waals surface area contributed by atoms with E-state index >= 15 is 0 Å². The molecule has 1 aliphatic rings. The Bertz CT molecular complexity index is 790. The molecule has 5 nitrogen and oxygen atoms in total. The summed E-state index contributed by atoms with van der Waals surface area (Å²) >= 11 is 0. The van der Waals surface area contributed by atoms with Crippen LogP contribution in [-0.4, -0.2) is 43.8 Å². The molecule has 2 N–H and O–H groups in total. The standard InChI is InChI=1S/C22H25N3O2/c26-22(23-12-6-9-19-7-2-1-3-8-19)24-17-20-10-4-5-11-21(20)18-25-13-15-27-16-14-25/h1-5,7-8,10-11H,12-18H2,(H2,23,24,26). The second-order valence-electron chi connectivity index (χ2n) is 6.36. The molecule has 2 aromatic rings. The van der Waals surface area contributed by atoms with E-state index in [0.29, 0.717) is 13.1 Å². The second-order valence-corrected chi connectivity index (χ2v) is 6.36. The van der Waals surface area contributed by atoms with Crippen molar-refractivity contribution in [2.45, 2.75) is 13.1 Å². The lowest BCUT2D eigenvalue weighted by Gasteiger charge is -2.27. The normalized spacial score (nSPS) is 14.1. The molecule has 0 atom stereocenters. The Morgan fingerprint density at radius 3 is 2.44 bits per heavy atom. The van der Waals surface area contributed by atoms with Gasteiger partial charge < -0.3 is 15.4 Å². The van der Waals surface area contributed by atoms with Gasteiger partial charge in [-0.05, 0) is 23.3 Å². The van der Waals surface area contributed by atoms with Crippen molar-refractivity contribution in [3.05, 3.63) is 71.3 Å². The highest BCUT2D eigenvalue weighted by Gasteiger charge is 2.12. The van der Waals surface area contributed by atoms with Crippen LogP contribution in [-0.2, 0) is 17.8 Å². The molecule has 5 heteroatoms. The summed E-state index contributed by atoms with van der Waals surface area (Å²) in [5, 5.41) is 5.69. The van der Waals surface area contributed by atoms with Gasteiger partial charge in [0.15, 0.2) is 0 Å². The molecule has 3 rings (SSSR count). The van der Waals surface area contributed by atoms with Gasteiger partial charge in [-0.25, -0.2) is 4.79 Å². The van der Waals surface area contributed by atoms with E-state index in [1.165, 1.54) is 5.56 Å². The second kappa shape index (κ2) is 10.4. The summed E-state index contributed by atoms with van der Waals surface area (Å²) in [6.07, 6.45) is 0. The van der Waals surface area contributed by atoms with Gasteiger partial charge in [0.1, 0.15) is 0 Å². The van der Waals surface area contributed by atoms with E-state index in [9.17, 15) is 4.79 Å². The summed E-state index contributed by atoms with van der Waals surface area (Å²) in [6, 6.07) is 17.7. The molecule has 27 heavy (non-hydrogen) atoms. The van der Waals surface area contributed by atoms with E-state index < -0.39 is 0 Å². The summed E-state index contributed by atoms with van der Waals surface area (Å²) < 4.78 is 5.40. The number of carbonyl (C=O) groups is 1. The van der Waals surface area contributed by atoms with Gasteiger partial charge in [-0.15, -0.1) is 0 Å². The average Bonchev–Trinajstić information content (AvgIpc) is 2.72. The first-order valence-electron chi connectivity index (χ1n) is 9.24. The van der Waals surface area contributed by atoms with Crippen molar-refractivity contribution < 1.29 is 9.53 Å². The fourth-order valence-electron chi connectivity index (χ4n) is 2.91. The summed E-state index contributed by atoms with van der Waals surface area (Å²) in [6.45, 7) is 5.16. The molecule has 0 saturated carbocycles. The number of ether oxygens (including phenoxy) is 1. The van der Waals surface area contributed by atoms with E-state index in [0.717, 1.165) is 44.0 Å². The molecule has 2 amide bonds. The van der Waals surface area contributed by atoms with Gasteiger partial charge in [0.05, 0.1) is 19.8 Å². The Kier molecular flexibility index (Phi) is 7.28. The number of morpholine rings is 1. The number of carbonyl (C=O) groups excluding carboxylic acids is 1. The van der Waals surface area contributed by atoms with Crippen LogP contribution in [0.2, 0.25) is 0 Å². The average molecular weight is 363 g/mol. The first kappa shape index (κ1) is 19.0. The molecular weight excluding hydrogens is 338 g/mol. The Morgan fingerprint density at radius 1 is 0.963 bits per heavy atom. The zero-order valence-corrected chi connectivity index (χ0v) is 15.4. The third kappa shape index (κ3) is 6.45. The highest BCUT2D eigenvalue weighted by atomic mass is 16.5. The molecule has 0 spiro atoms. The van der Waals surface area contributed by atoms with E-state index in [2.05, 4.69) is 39.5 Å². The molecule has 140 valence electrons. The van der Waals surface area contributed by atoms with Gasteiger partial charge in [0.2, 0.25) is 0 Å². The van der Waals surface area contributed by atoms with Crippen molar-refractivity contribution in [1.82, 2.24) is 15.5 Å². The lowest BCUT2D eigenvalue weighted by atomic mass is 10.1. The molecule has 1 saturated heterocycles. The van der Waals surface area contributed by atoms with Crippen LogP contribution >= 0.6 is 0 Å². The topological polar surface area (TPSA) is 53.6 Å². The van der Waals surface area contributed by atoms with Crippen molar-refractivity contribution in [1.29, 1.82) is 0 Å². The number of amides is 2. The molecule has 1 heterocycles. The smallest absolute Gasteiger partial charge is 0.315 e. The predicted octanol–water partition coefficient (Wildman–Crippen LogP) is 2.37. The van der Waals surface area contributed by atoms with Crippen molar-refractivity contribution in [2.75, 3.05) is 32.8 Å². The van der Waals surface area contributed by atoms with Crippen molar-refractivity contribution in [3.8, 4) is 11.8 Å². The number of hydrogen-bond donors (Lipinski definition) is 2. The zero-order valence-electron chi connectivity index (χ0n) is 15.4. The molecule has 0 radical (unpaired) electrons. The van der Waals surface area contributed by atoms with E-state index in [4.69, 9.17) is 4.74 Å². The van der Waals surface area contributed by atoms with Crippen LogP contribution in [0, 0.1) is 11.8 Å². The fourth-order valence-corrected chi connectivity index (χ4v) is 2.91. The quantitative estimate of drug-likeness (QED) is 0.802. The lowest BCUT2D eigenvalue weighted by molar-refractivity contribution is 0.0341. The van der Waals surface area contributed by atoms with Crippen LogP contribution in [0.15, 0.2) is 54.6 Å². The van der Waals surface area contributed by atoms with E-state index in [-0.39, 0.29) is 6.03 Å². The lowest BCUT2D eigenvalue weighted by Crippen LogP contribution is -2.37. The fraction of sp³-hybridized carbons (Fsp3) is 0.318. The Balaban J connectivity index is 1.45. The Labute approximate surface area is 160 Å². The van der Waals surface area contributed by atoms with Gasteiger partial charge in [0.25, 0.3) is 0 Å². The van der Waals surface area contributed by atoms with Crippen molar-refractivity contribution >= 4 is 6.03 Å². The number of hydrogen-bond acceptors (Lipinski definition) is 3. The first-order valence-corrected chi connectivity index (χ1v) is 9.24. The number of nitrogens with zero attached hydrogens (tertiary/aromatic N) is 1. The van der Waals surface area contributed by atoms with Crippen LogP contribution in [0.1, 0.15) is 16.7 Å². The number of rotatable bonds is 5. The summed E-state index contributed by atoms with van der Waals surface area (Å²) in [4.78, 5) is 14.4. The first-order chi connectivity index (χ1) is 13.3. The van der Waals surface area contributed by atoms with Gasteiger partial charge >= 0.3 is 6.03 Å². The van der Waals surface area contributed by atoms with Crippen molar-refractivity contribution in [3.63, 3.8) is 0 Å². The summed E-state index contributed by atoms with van der Waals surface area (Å²) in [5.74, 6) is 5.98. The minimum atomic E-state index is -0.210. The Morgan fingerprint density at radius 2 is 1.67 bits per heavy atom. The predicted molar refractivity (Wildman–Crippen MR) is 106 cm³/mol. The van der Waals surface area contributed by atoms with Gasteiger partial charge in [-0.1, -0.05) is 54.3 Å². The van der Waals surface area contributed by atoms with Gasteiger partial charge in [-0.3, -0.25) is 4.90 Å². The Hall–Kier alpha value is -2.81. The zero-order chi connectivity index (χ0) is 18.7. The SMILES string of the molecule is O=C(NCC#Cc1ccccc1)NCc1ccccc1CN1CCOCC1. The molecule has 0 aromatic heterocycles. The maximum atomic E-state index is 12.0. The largest absolute Gasteiger partial charge is 0.379 e. The van der Waals surface area contributed by atoms with Crippen molar-refractivity contribution in [2.24, 2.45) is 0 Å². The number of benzene rings is 2. The molecule has 2 aromatic carbocycles. The molecule has 1 fully saturated rings. The summed E-state index contributed by atoms with van der Waals surface area (Å²) in [7, 11) is 0. The van der Waals surface area contributed by atoms with Crippen LogP contribution < -0.4 is 10.6 Å². The van der Waals surface area contributed by atoms with Gasteiger partial charge in [0, 0.05) is 31.7 Å². The van der Waals surface area contributed by atoms with E-state index in [1.807, 2.05) is 42.5 Å². The third-order valence-corrected chi connectivity index (χ3v) is 4.40. The molecule has 0 unspecified atom stereocenters. The van der Waals surface area contributed by atoms with Crippen LogP contribution in [0.4, 0.5) is 4.79 Å². The molecule has 0 bridgehead atoms. The molecule has 0 aliphatic carbocycles.